The van der Waals surface area contributed by atoms with Gasteiger partial charge in [-0.1, -0.05) is 0 Å². The lowest BCUT2D eigenvalue weighted by Gasteiger charge is -2.40. The topological polar surface area (TPSA) is 278 Å². The van der Waals surface area contributed by atoms with Crippen molar-refractivity contribution >= 4 is 30.3 Å². The molecule has 0 aromatic heterocycles. The van der Waals surface area contributed by atoms with Gasteiger partial charge in [-0.3, -0.25) is 9.69 Å². The van der Waals surface area contributed by atoms with Crippen molar-refractivity contribution in [2.45, 2.75) is 30.6 Å². The molecule has 0 aromatic carbocycles. The highest BCUT2D eigenvalue weighted by Gasteiger charge is 2.44. The Kier molecular flexibility index (Phi) is 10.8. The molecule has 18 heteroatoms. The van der Waals surface area contributed by atoms with Gasteiger partial charge in [-0.15, -0.1) is 0 Å². The van der Waals surface area contributed by atoms with Crippen molar-refractivity contribution in [3.8, 4) is 0 Å². The number of carbonyl (C=O) groups excluding carboxylic acids is 1. The zero-order valence-corrected chi connectivity index (χ0v) is 17.5. The third-order valence-corrected chi connectivity index (χ3v) is 4.80. The summed E-state index contributed by atoms with van der Waals surface area (Å²) in [7, 11) is 0. The minimum atomic E-state index is -1.84. The Bertz CT molecular complexity index is 702. The zero-order valence-electron chi connectivity index (χ0n) is 17.5. The van der Waals surface area contributed by atoms with Crippen molar-refractivity contribution < 1.29 is 69.6 Å². The largest absolute Gasteiger partial charge is 0.465 e. The maximum absolute atomic E-state index is 12.4. The van der Waals surface area contributed by atoms with E-state index in [-0.39, 0.29) is 9.80 Å². The van der Waals surface area contributed by atoms with Crippen LogP contribution >= 0.6 is 0 Å². The Morgan fingerprint density at radius 3 is 1.56 bits per heavy atom. The number of rotatable bonds is 10. The molecular weight excluding hydrogens is 472 g/mol. The summed E-state index contributed by atoms with van der Waals surface area (Å²) in [5, 5.41) is 76.8. The third-order valence-electron chi connectivity index (χ3n) is 4.80. The monoisotopic (exact) mass is 498 g/mol. The molecule has 0 bridgehead atoms. The lowest BCUT2D eigenvalue weighted by atomic mass is 9.97. The first-order valence-electron chi connectivity index (χ1n) is 9.59. The fourth-order valence-corrected chi connectivity index (χ4v) is 2.99. The van der Waals surface area contributed by atoms with Crippen LogP contribution in [-0.4, -0.2) is 156 Å². The molecule has 0 aliphatic carbocycles. The highest BCUT2D eigenvalue weighted by atomic mass is 16.6. The number of carbonyl (C=O) groups is 5. The molecule has 9 N–H and O–H groups in total. The molecule has 18 nitrogen and oxygen atoms in total. The van der Waals surface area contributed by atoms with Crippen LogP contribution in [0.15, 0.2) is 0 Å². The molecule has 5 amide bonds. The normalized spacial score (nSPS) is 24.3. The molecule has 0 saturated carbocycles. The first-order chi connectivity index (χ1) is 15.8. The van der Waals surface area contributed by atoms with Crippen molar-refractivity contribution in [2.75, 3.05) is 39.3 Å². The van der Waals surface area contributed by atoms with Gasteiger partial charge in [0.25, 0.3) is 0 Å². The second kappa shape index (κ2) is 12.8. The molecule has 1 aliphatic heterocycles. The second-order valence-electron chi connectivity index (χ2n) is 7.03. The number of nitrogens with zero attached hydrogens (tertiary/aromatic N) is 3. The van der Waals surface area contributed by atoms with Gasteiger partial charge >= 0.3 is 24.4 Å². The number of hydrogen-bond acceptors (Lipinski definition) is 11. The zero-order chi connectivity index (χ0) is 26.2. The average molecular weight is 498 g/mol. The predicted molar refractivity (Wildman–Crippen MR) is 104 cm³/mol. The van der Waals surface area contributed by atoms with E-state index in [2.05, 4.69) is 5.32 Å². The first kappa shape index (κ1) is 28.7. The molecule has 194 valence electrons. The SMILES string of the molecule is O=C(CN(CCN(C(=O)O)C(=O)O)CCN(C(=O)O)C(=O)O)NC1C(O)OC(CO)C(O)C1O. The predicted octanol–water partition coefficient (Wildman–Crippen LogP) is -3.48. The Balaban J connectivity index is 2.90. The summed E-state index contributed by atoms with van der Waals surface area (Å²) in [6.07, 6.45) is -13.9. The van der Waals surface area contributed by atoms with Crippen LogP contribution in [0.2, 0.25) is 0 Å². The number of imide groups is 2. The van der Waals surface area contributed by atoms with Gasteiger partial charge in [0.2, 0.25) is 5.91 Å². The van der Waals surface area contributed by atoms with Gasteiger partial charge in [0.15, 0.2) is 6.29 Å². The summed E-state index contributed by atoms with van der Waals surface area (Å²) in [5.41, 5.74) is 0. The van der Waals surface area contributed by atoms with Crippen LogP contribution in [-0.2, 0) is 9.53 Å². The summed E-state index contributed by atoms with van der Waals surface area (Å²) >= 11 is 0. The van der Waals surface area contributed by atoms with Crippen LogP contribution in [0.1, 0.15) is 0 Å². The third kappa shape index (κ3) is 7.93. The fourth-order valence-electron chi connectivity index (χ4n) is 2.99. The quantitative estimate of drug-likeness (QED) is 0.141. The molecule has 1 saturated heterocycles. The highest BCUT2D eigenvalue weighted by Crippen LogP contribution is 2.19. The van der Waals surface area contributed by atoms with Gasteiger partial charge in [0, 0.05) is 26.2 Å². The molecule has 34 heavy (non-hydrogen) atoms. The number of carboxylic acid groups (broad SMARTS) is 4. The van der Waals surface area contributed by atoms with Gasteiger partial charge in [-0.2, -0.15) is 0 Å². The first-order valence-corrected chi connectivity index (χ1v) is 9.59. The smallest absolute Gasteiger partial charge is 0.416 e. The van der Waals surface area contributed by atoms with Gasteiger partial charge < -0.3 is 50.9 Å². The summed E-state index contributed by atoms with van der Waals surface area (Å²) in [5.74, 6) is -0.962. The number of ether oxygens (including phenoxy) is 1. The van der Waals surface area contributed by atoms with Crippen LogP contribution < -0.4 is 5.32 Å². The lowest BCUT2D eigenvalue weighted by molar-refractivity contribution is -0.253. The molecule has 0 spiro atoms. The number of hydrogen-bond donors (Lipinski definition) is 9. The Morgan fingerprint density at radius 1 is 0.735 bits per heavy atom. The molecule has 1 fully saturated rings. The number of nitrogens with one attached hydrogen (secondary N) is 1. The van der Waals surface area contributed by atoms with Crippen molar-refractivity contribution in [3.63, 3.8) is 0 Å². The number of amides is 5. The van der Waals surface area contributed by atoms with Gasteiger partial charge in [0.05, 0.1) is 13.2 Å². The van der Waals surface area contributed by atoms with E-state index >= 15 is 0 Å². The summed E-state index contributed by atoms with van der Waals surface area (Å²) in [6, 6.07) is -1.56. The van der Waals surface area contributed by atoms with E-state index in [0.29, 0.717) is 0 Å². The molecule has 0 aromatic rings. The van der Waals surface area contributed by atoms with E-state index in [1.54, 1.807) is 0 Å². The maximum Gasteiger partial charge on any atom is 0.416 e. The van der Waals surface area contributed by atoms with E-state index in [0.717, 1.165) is 4.90 Å². The molecule has 5 atom stereocenters. The van der Waals surface area contributed by atoms with Crippen LogP contribution in [0, 0.1) is 0 Å². The van der Waals surface area contributed by atoms with Gasteiger partial charge in [-0.25, -0.2) is 29.0 Å². The maximum atomic E-state index is 12.4. The standard InChI is InChI=1S/C16H26N4O14/c21-6-7-10(23)11(24)9(12(25)34-7)17-8(22)5-18(1-3-19(13(26)27)14(28)29)2-4-20(15(30)31)16(32)33/h7,9-12,21,23-25H,1-6H2,(H,17,22)(H,26,27)(H,28,29)(H,30,31)(H,32,33). The molecule has 0 radical (unpaired) electrons. The van der Waals surface area contributed by atoms with Crippen molar-refractivity contribution in [1.82, 2.24) is 20.0 Å². The van der Waals surface area contributed by atoms with E-state index in [9.17, 15) is 39.3 Å². The molecule has 1 rings (SSSR count). The van der Waals surface area contributed by atoms with E-state index < -0.39 is 100 Å². The van der Waals surface area contributed by atoms with E-state index in [1.165, 1.54) is 0 Å². The summed E-state index contributed by atoms with van der Waals surface area (Å²) in [4.78, 5) is 57.5. The fraction of sp³-hybridized carbons (Fsp3) is 0.688. The lowest BCUT2D eigenvalue weighted by Crippen LogP contribution is -2.64. The van der Waals surface area contributed by atoms with Crippen molar-refractivity contribution in [1.29, 1.82) is 0 Å². The van der Waals surface area contributed by atoms with Crippen molar-refractivity contribution in [2.24, 2.45) is 0 Å². The van der Waals surface area contributed by atoms with Crippen LogP contribution in [0.3, 0.4) is 0 Å². The van der Waals surface area contributed by atoms with Crippen molar-refractivity contribution in [3.05, 3.63) is 0 Å². The second-order valence-corrected chi connectivity index (χ2v) is 7.03. The molecule has 1 heterocycles. The Labute approximate surface area is 190 Å². The van der Waals surface area contributed by atoms with E-state index in [4.69, 9.17) is 30.3 Å². The van der Waals surface area contributed by atoms with Crippen LogP contribution in [0.4, 0.5) is 19.2 Å². The van der Waals surface area contributed by atoms with Crippen LogP contribution in [0.5, 0.6) is 0 Å². The Morgan fingerprint density at radius 2 is 1.18 bits per heavy atom. The van der Waals surface area contributed by atoms with Gasteiger partial charge in [-0.05, 0) is 0 Å². The minimum absolute atomic E-state index is 0.0229. The Hall–Kier alpha value is -3.29. The average Bonchev–Trinajstić information content (AvgIpc) is 2.72. The summed E-state index contributed by atoms with van der Waals surface area (Å²) in [6.45, 7) is -3.71. The minimum Gasteiger partial charge on any atom is -0.465 e. The number of aliphatic hydroxyl groups is 4. The van der Waals surface area contributed by atoms with Gasteiger partial charge in [0.1, 0.15) is 24.4 Å². The molecule has 5 unspecified atom stereocenters. The van der Waals surface area contributed by atoms with E-state index in [1.807, 2.05) is 0 Å². The van der Waals surface area contributed by atoms with Crippen LogP contribution in [0.25, 0.3) is 0 Å². The molecule has 1 aliphatic rings. The number of aliphatic hydroxyl groups excluding tert-OH is 4. The highest BCUT2D eigenvalue weighted by molar-refractivity contribution is 5.86. The summed E-state index contributed by atoms with van der Waals surface area (Å²) < 4.78 is 4.89. The molecular formula is C16H26N4O14.